The van der Waals surface area contributed by atoms with Gasteiger partial charge in [-0.3, -0.25) is 5.10 Å². The van der Waals surface area contributed by atoms with Gasteiger partial charge in [0.15, 0.2) is 0 Å². The zero-order valence-electron chi connectivity index (χ0n) is 15.8. The smallest absolute Gasteiger partial charge is 0.0697 e. The Hall–Kier alpha value is -0.910. The molecule has 3 rings (SSSR count). The Kier molecular flexibility index (Phi) is 5.33. The fourth-order valence-corrected chi connectivity index (χ4v) is 4.54. The van der Waals surface area contributed by atoms with Crippen molar-refractivity contribution in [1.29, 1.82) is 0 Å². The van der Waals surface area contributed by atoms with Crippen LogP contribution in [0, 0.1) is 5.41 Å². The van der Waals surface area contributed by atoms with Gasteiger partial charge in [0.05, 0.1) is 17.9 Å². The van der Waals surface area contributed by atoms with E-state index in [4.69, 9.17) is 4.74 Å². The van der Waals surface area contributed by atoms with Crippen LogP contribution in [-0.4, -0.2) is 54.5 Å². The lowest BCUT2D eigenvalue weighted by molar-refractivity contribution is -0.0296. The number of nitrogens with zero attached hydrogens (tertiary/aromatic N) is 2. The first-order valence-corrected chi connectivity index (χ1v) is 9.43. The van der Waals surface area contributed by atoms with E-state index in [1.54, 1.807) is 0 Å². The molecule has 0 bridgehead atoms. The van der Waals surface area contributed by atoms with Gasteiger partial charge >= 0.3 is 0 Å². The molecule has 0 atom stereocenters. The van der Waals surface area contributed by atoms with Crippen LogP contribution in [0.25, 0.3) is 0 Å². The second-order valence-electron chi connectivity index (χ2n) is 8.72. The summed E-state index contributed by atoms with van der Waals surface area (Å²) in [6.45, 7) is 8.63. The summed E-state index contributed by atoms with van der Waals surface area (Å²) in [6.07, 6.45) is 8.08. The van der Waals surface area contributed by atoms with E-state index in [-0.39, 0.29) is 5.60 Å². The number of rotatable bonds is 6. The Labute approximate surface area is 146 Å². The van der Waals surface area contributed by atoms with Crippen molar-refractivity contribution in [1.82, 2.24) is 20.4 Å². The molecule has 2 heterocycles. The van der Waals surface area contributed by atoms with E-state index in [1.807, 2.05) is 7.05 Å². The molecule has 0 radical (unpaired) electrons. The van der Waals surface area contributed by atoms with Crippen molar-refractivity contribution in [3.8, 4) is 0 Å². The number of H-pyrrole nitrogens is 1. The minimum Gasteiger partial charge on any atom is -0.374 e. The lowest BCUT2D eigenvalue weighted by atomic mass is 9.72. The Balaban J connectivity index is 1.58. The molecule has 2 aliphatic rings. The molecule has 1 aromatic rings. The number of ether oxygens (including phenoxy) is 1. The summed E-state index contributed by atoms with van der Waals surface area (Å²) in [5.41, 5.74) is 3.15. The standard InChI is InChI=1S/C19H34N4O/c1-18(2)13-19(24-14-18)7-5-15(6-8-19)17-16(11-21-22-17)12-23(4)10-9-20-3/h11,15,20H,5-10,12-14H2,1-4H3,(H,21,22)/t15-,19-. The van der Waals surface area contributed by atoms with Crippen molar-refractivity contribution in [2.75, 3.05) is 33.8 Å². The predicted molar refractivity (Wildman–Crippen MR) is 97.1 cm³/mol. The van der Waals surface area contributed by atoms with Gasteiger partial charge in [0, 0.05) is 37.3 Å². The minimum atomic E-state index is 0.153. The molecule has 1 aliphatic carbocycles. The second-order valence-corrected chi connectivity index (χ2v) is 8.72. The molecule has 0 amide bonds. The first kappa shape index (κ1) is 17.9. The maximum Gasteiger partial charge on any atom is 0.0697 e. The van der Waals surface area contributed by atoms with Gasteiger partial charge in [-0.15, -0.1) is 0 Å². The van der Waals surface area contributed by atoms with E-state index in [1.165, 1.54) is 43.4 Å². The fourth-order valence-electron chi connectivity index (χ4n) is 4.54. The van der Waals surface area contributed by atoms with Crippen LogP contribution in [-0.2, 0) is 11.3 Å². The number of aromatic amines is 1. The number of hydrogen-bond donors (Lipinski definition) is 2. The summed E-state index contributed by atoms with van der Waals surface area (Å²) in [5.74, 6) is 0.585. The van der Waals surface area contributed by atoms with Gasteiger partial charge in [0.1, 0.15) is 0 Å². The number of nitrogens with one attached hydrogen (secondary N) is 2. The molecule has 1 aromatic heterocycles. The number of likely N-dealkylation sites (N-methyl/N-ethyl adjacent to an activating group) is 2. The molecule has 5 nitrogen and oxygen atoms in total. The van der Waals surface area contributed by atoms with E-state index < -0.39 is 0 Å². The molecular formula is C19H34N4O. The van der Waals surface area contributed by atoms with Crippen LogP contribution >= 0.6 is 0 Å². The normalized spacial score (nSPS) is 29.6. The molecule has 136 valence electrons. The Bertz CT molecular complexity index is 531. The minimum absolute atomic E-state index is 0.153. The molecule has 2 fully saturated rings. The van der Waals surface area contributed by atoms with Gasteiger partial charge in [0.25, 0.3) is 0 Å². The summed E-state index contributed by atoms with van der Waals surface area (Å²) in [7, 11) is 4.18. The third-order valence-electron chi connectivity index (χ3n) is 5.79. The van der Waals surface area contributed by atoms with Crippen molar-refractivity contribution in [2.24, 2.45) is 5.41 Å². The van der Waals surface area contributed by atoms with Crippen LogP contribution in [0.5, 0.6) is 0 Å². The maximum absolute atomic E-state index is 6.26. The summed E-state index contributed by atoms with van der Waals surface area (Å²) in [6, 6.07) is 0. The highest BCUT2D eigenvalue weighted by Crippen LogP contribution is 2.49. The molecule has 0 aromatic carbocycles. The van der Waals surface area contributed by atoms with E-state index in [0.29, 0.717) is 11.3 Å². The zero-order valence-corrected chi connectivity index (χ0v) is 15.8. The van der Waals surface area contributed by atoms with Crippen LogP contribution in [0.3, 0.4) is 0 Å². The maximum atomic E-state index is 6.26. The SMILES string of the molecule is CNCCN(C)Cc1c[nH]nc1[C@H]1CC[C@]2(CC1)CC(C)(C)CO2. The lowest BCUT2D eigenvalue weighted by Gasteiger charge is -2.37. The van der Waals surface area contributed by atoms with Gasteiger partial charge in [-0.25, -0.2) is 0 Å². The monoisotopic (exact) mass is 334 g/mol. The highest BCUT2D eigenvalue weighted by Gasteiger charge is 2.46. The van der Waals surface area contributed by atoms with Crippen molar-refractivity contribution in [2.45, 2.75) is 64.0 Å². The summed E-state index contributed by atoms with van der Waals surface area (Å²) < 4.78 is 6.26. The summed E-state index contributed by atoms with van der Waals surface area (Å²) >= 11 is 0. The molecule has 24 heavy (non-hydrogen) atoms. The zero-order chi connectivity index (χ0) is 17.2. The topological polar surface area (TPSA) is 53.2 Å². The molecule has 1 spiro atoms. The average molecular weight is 335 g/mol. The average Bonchev–Trinajstić information content (AvgIpc) is 3.11. The first-order valence-electron chi connectivity index (χ1n) is 9.43. The van der Waals surface area contributed by atoms with Gasteiger partial charge in [-0.1, -0.05) is 13.8 Å². The Morgan fingerprint density at radius 2 is 2.12 bits per heavy atom. The number of aromatic nitrogens is 2. The third kappa shape index (κ3) is 4.01. The van der Waals surface area contributed by atoms with Crippen LogP contribution in [0.15, 0.2) is 6.20 Å². The number of hydrogen-bond acceptors (Lipinski definition) is 4. The van der Waals surface area contributed by atoms with Crippen molar-refractivity contribution >= 4 is 0 Å². The molecule has 1 saturated heterocycles. The van der Waals surface area contributed by atoms with Gasteiger partial charge in [-0.2, -0.15) is 5.10 Å². The third-order valence-corrected chi connectivity index (χ3v) is 5.79. The highest BCUT2D eigenvalue weighted by molar-refractivity contribution is 5.22. The van der Waals surface area contributed by atoms with Crippen LogP contribution < -0.4 is 5.32 Å². The molecular weight excluding hydrogens is 300 g/mol. The molecule has 2 N–H and O–H groups in total. The summed E-state index contributed by atoms with van der Waals surface area (Å²) in [4.78, 5) is 2.36. The molecule has 1 aliphatic heterocycles. The Morgan fingerprint density at radius 1 is 1.38 bits per heavy atom. The quantitative estimate of drug-likeness (QED) is 0.840. The van der Waals surface area contributed by atoms with E-state index >= 15 is 0 Å². The lowest BCUT2D eigenvalue weighted by Crippen LogP contribution is -2.34. The first-order chi connectivity index (χ1) is 11.4. The molecule has 0 unspecified atom stereocenters. The highest BCUT2D eigenvalue weighted by atomic mass is 16.5. The van der Waals surface area contributed by atoms with E-state index in [0.717, 1.165) is 26.2 Å². The van der Waals surface area contributed by atoms with Crippen molar-refractivity contribution in [3.63, 3.8) is 0 Å². The van der Waals surface area contributed by atoms with Gasteiger partial charge in [0.2, 0.25) is 0 Å². The largest absolute Gasteiger partial charge is 0.374 e. The second kappa shape index (κ2) is 7.14. The van der Waals surface area contributed by atoms with Gasteiger partial charge in [-0.05, 0) is 51.6 Å². The fraction of sp³-hybridized carbons (Fsp3) is 0.842. The molecule has 1 saturated carbocycles. The summed E-state index contributed by atoms with van der Waals surface area (Å²) in [5, 5.41) is 10.9. The molecule has 5 heteroatoms. The van der Waals surface area contributed by atoms with Crippen molar-refractivity contribution < 1.29 is 4.74 Å². The van der Waals surface area contributed by atoms with Crippen molar-refractivity contribution in [3.05, 3.63) is 17.5 Å². The predicted octanol–water partition coefficient (Wildman–Crippen LogP) is 2.90. The van der Waals surface area contributed by atoms with E-state index in [2.05, 4.69) is 47.5 Å². The van der Waals surface area contributed by atoms with Crippen LogP contribution in [0.2, 0.25) is 0 Å². The van der Waals surface area contributed by atoms with Crippen LogP contribution in [0.1, 0.15) is 63.1 Å². The van der Waals surface area contributed by atoms with Crippen LogP contribution in [0.4, 0.5) is 0 Å². The Morgan fingerprint density at radius 3 is 2.75 bits per heavy atom. The van der Waals surface area contributed by atoms with E-state index in [9.17, 15) is 0 Å². The van der Waals surface area contributed by atoms with Gasteiger partial charge < -0.3 is 15.0 Å².